The number of phenolic OH excluding ortho intramolecular Hbond substituents is 4. The molecule has 21 heavy (non-hydrogen) atoms. The van der Waals surface area contributed by atoms with E-state index in [0.717, 1.165) is 6.07 Å². The van der Waals surface area contributed by atoms with E-state index in [9.17, 15) is 25.2 Å². The summed E-state index contributed by atoms with van der Waals surface area (Å²) in [7, 11) is 0. The standard InChI is InChI=1S/C15H12O6/c16-8-5-11(19)14-12(6-8)21-13(15(14)20)4-7-1-2-9(17)10(18)3-7/h1-3,5-6,13,16-19H,4H2. The molecule has 108 valence electrons. The van der Waals surface area contributed by atoms with Crippen LogP contribution < -0.4 is 4.74 Å². The van der Waals surface area contributed by atoms with E-state index in [1.807, 2.05) is 0 Å². The molecule has 6 heteroatoms. The molecule has 0 radical (unpaired) electrons. The lowest BCUT2D eigenvalue weighted by molar-refractivity contribution is 0.0856. The summed E-state index contributed by atoms with van der Waals surface area (Å²) < 4.78 is 5.44. The number of rotatable bonds is 2. The fraction of sp³-hybridized carbons (Fsp3) is 0.133. The molecule has 1 unspecified atom stereocenters. The molecule has 1 heterocycles. The fourth-order valence-corrected chi connectivity index (χ4v) is 2.34. The second-order valence-electron chi connectivity index (χ2n) is 4.84. The van der Waals surface area contributed by atoms with Gasteiger partial charge in [-0.2, -0.15) is 0 Å². The molecule has 1 aliphatic rings. The number of ketones is 1. The van der Waals surface area contributed by atoms with Crippen LogP contribution in [0.1, 0.15) is 15.9 Å². The summed E-state index contributed by atoms with van der Waals surface area (Å²) >= 11 is 0. The van der Waals surface area contributed by atoms with Crippen molar-refractivity contribution in [3.8, 4) is 28.7 Å². The molecule has 1 atom stereocenters. The van der Waals surface area contributed by atoms with Gasteiger partial charge in [0.2, 0.25) is 5.78 Å². The SMILES string of the molecule is O=C1c2c(O)cc(O)cc2OC1Cc1ccc(O)c(O)c1. The molecule has 4 N–H and O–H groups in total. The van der Waals surface area contributed by atoms with E-state index < -0.39 is 11.9 Å². The molecule has 2 aromatic rings. The minimum Gasteiger partial charge on any atom is -0.508 e. The Hall–Kier alpha value is -2.89. The van der Waals surface area contributed by atoms with Crippen molar-refractivity contribution in [3.63, 3.8) is 0 Å². The van der Waals surface area contributed by atoms with Gasteiger partial charge in [0.25, 0.3) is 0 Å². The first-order valence-corrected chi connectivity index (χ1v) is 6.23. The molecule has 0 fully saturated rings. The molecular formula is C15H12O6. The van der Waals surface area contributed by atoms with Gasteiger partial charge in [0, 0.05) is 18.6 Å². The quantitative estimate of drug-likeness (QED) is 0.626. The lowest BCUT2D eigenvalue weighted by atomic mass is 10.0. The van der Waals surface area contributed by atoms with Crippen molar-refractivity contribution in [1.82, 2.24) is 0 Å². The van der Waals surface area contributed by atoms with E-state index >= 15 is 0 Å². The second-order valence-corrected chi connectivity index (χ2v) is 4.84. The summed E-state index contributed by atoms with van der Waals surface area (Å²) in [6.07, 6.45) is -0.682. The average Bonchev–Trinajstić information content (AvgIpc) is 2.70. The smallest absolute Gasteiger partial charge is 0.211 e. The van der Waals surface area contributed by atoms with Gasteiger partial charge in [-0.15, -0.1) is 0 Å². The summed E-state index contributed by atoms with van der Waals surface area (Å²) in [5, 5.41) is 37.8. The van der Waals surface area contributed by atoms with Crippen molar-refractivity contribution in [1.29, 1.82) is 0 Å². The summed E-state index contributed by atoms with van der Waals surface area (Å²) in [6, 6.07) is 6.56. The first-order chi connectivity index (χ1) is 9.95. The van der Waals surface area contributed by atoms with E-state index in [-0.39, 0.29) is 40.7 Å². The van der Waals surface area contributed by atoms with E-state index in [1.54, 1.807) is 6.07 Å². The molecule has 0 saturated heterocycles. The minimum absolute atomic E-state index is 0.0424. The molecular weight excluding hydrogens is 276 g/mol. The largest absolute Gasteiger partial charge is 0.508 e. The van der Waals surface area contributed by atoms with Gasteiger partial charge in [-0.25, -0.2) is 0 Å². The Kier molecular flexibility index (Phi) is 2.86. The Labute approximate surface area is 119 Å². The number of hydrogen-bond donors (Lipinski definition) is 4. The average molecular weight is 288 g/mol. The molecule has 6 nitrogen and oxygen atoms in total. The van der Waals surface area contributed by atoms with Crippen molar-refractivity contribution < 1.29 is 30.0 Å². The van der Waals surface area contributed by atoms with Crippen molar-refractivity contribution in [3.05, 3.63) is 41.5 Å². The van der Waals surface area contributed by atoms with Crippen molar-refractivity contribution in [2.75, 3.05) is 0 Å². The van der Waals surface area contributed by atoms with E-state index in [0.29, 0.717) is 5.56 Å². The number of fused-ring (bicyclic) bond motifs is 1. The number of benzene rings is 2. The van der Waals surface area contributed by atoms with Crippen LogP contribution in [0.5, 0.6) is 28.7 Å². The van der Waals surface area contributed by atoms with Crippen LogP contribution in [0, 0.1) is 0 Å². The molecule has 2 aromatic carbocycles. The van der Waals surface area contributed by atoms with Crippen LogP contribution in [0.3, 0.4) is 0 Å². The summed E-state index contributed by atoms with van der Waals surface area (Å²) in [4.78, 5) is 12.2. The zero-order chi connectivity index (χ0) is 15.1. The van der Waals surface area contributed by atoms with Gasteiger partial charge < -0.3 is 25.2 Å². The number of phenols is 4. The van der Waals surface area contributed by atoms with Crippen LogP contribution >= 0.6 is 0 Å². The molecule has 0 amide bonds. The van der Waals surface area contributed by atoms with Gasteiger partial charge in [0.15, 0.2) is 17.6 Å². The van der Waals surface area contributed by atoms with Crippen molar-refractivity contribution in [2.45, 2.75) is 12.5 Å². The molecule has 0 spiro atoms. The highest BCUT2D eigenvalue weighted by atomic mass is 16.5. The Morgan fingerprint density at radius 3 is 2.43 bits per heavy atom. The number of ether oxygens (including phenoxy) is 1. The van der Waals surface area contributed by atoms with Crippen LogP contribution in [0.2, 0.25) is 0 Å². The monoisotopic (exact) mass is 288 g/mol. The Morgan fingerprint density at radius 2 is 1.71 bits per heavy atom. The van der Waals surface area contributed by atoms with Gasteiger partial charge in [-0.1, -0.05) is 6.07 Å². The second kappa shape index (κ2) is 4.59. The van der Waals surface area contributed by atoms with Gasteiger partial charge in [-0.05, 0) is 17.7 Å². The first-order valence-electron chi connectivity index (χ1n) is 6.23. The maximum absolute atomic E-state index is 12.2. The number of aromatic hydroxyl groups is 4. The van der Waals surface area contributed by atoms with Crippen LogP contribution in [0.25, 0.3) is 0 Å². The van der Waals surface area contributed by atoms with Gasteiger partial charge in [0.05, 0.1) is 0 Å². The summed E-state index contributed by atoms with van der Waals surface area (Å²) in [6.45, 7) is 0. The van der Waals surface area contributed by atoms with Gasteiger partial charge in [-0.3, -0.25) is 4.79 Å². The third kappa shape index (κ3) is 2.20. The molecule has 0 aliphatic carbocycles. The number of hydrogen-bond acceptors (Lipinski definition) is 6. The van der Waals surface area contributed by atoms with Crippen LogP contribution in [-0.2, 0) is 6.42 Å². The van der Waals surface area contributed by atoms with Crippen molar-refractivity contribution in [2.24, 2.45) is 0 Å². The van der Waals surface area contributed by atoms with Crippen LogP contribution in [0.4, 0.5) is 0 Å². The zero-order valence-electron chi connectivity index (χ0n) is 10.8. The highest BCUT2D eigenvalue weighted by molar-refractivity contribution is 6.07. The molecule has 0 bridgehead atoms. The zero-order valence-corrected chi connectivity index (χ0v) is 10.8. The predicted octanol–water partition coefficient (Wildman–Crippen LogP) is 1.70. The summed E-state index contributed by atoms with van der Waals surface area (Å²) in [5.74, 6) is -1.31. The highest BCUT2D eigenvalue weighted by Crippen LogP contribution is 2.39. The first kappa shape index (κ1) is 13.1. The van der Waals surface area contributed by atoms with Gasteiger partial charge >= 0.3 is 0 Å². The number of carbonyl (C=O) groups excluding carboxylic acids is 1. The highest BCUT2D eigenvalue weighted by Gasteiger charge is 2.35. The molecule has 1 aliphatic heterocycles. The molecule has 3 rings (SSSR count). The van der Waals surface area contributed by atoms with E-state index in [1.165, 1.54) is 18.2 Å². The Morgan fingerprint density at radius 1 is 0.952 bits per heavy atom. The predicted molar refractivity (Wildman–Crippen MR) is 72.0 cm³/mol. The minimum atomic E-state index is -0.850. The number of carbonyl (C=O) groups is 1. The Bertz CT molecular complexity index is 737. The Balaban J connectivity index is 1.88. The van der Waals surface area contributed by atoms with E-state index in [2.05, 4.69) is 0 Å². The van der Waals surface area contributed by atoms with Gasteiger partial charge in [0.1, 0.15) is 22.8 Å². The molecule has 0 aromatic heterocycles. The van der Waals surface area contributed by atoms with Crippen LogP contribution in [0.15, 0.2) is 30.3 Å². The fourth-order valence-electron chi connectivity index (χ4n) is 2.34. The lowest BCUT2D eigenvalue weighted by Gasteiger charge is -2.10. The topological polar surface area (TPSA) is 107 Å². The van der Waals surface area contributed by atoms with Crippen molar-refractivity contribution >= 4 is 5.78 Å². The third-order valence-corrected chi connectivity index (χ3v) is 3.34. The number of Topliss-reactive ketones (excluding diaryl/α,β-unsaturated/α-hetero) is 1. The lowest BCUT2D eigenvalue weighted by Crippen LogP contribution is -2.23. The molecule has 0 saturated carbocycles. The van der Waals surface area contributed by atoms with Crippen LogP contribution in [-0.4, -0.2) is 32.3 Å². The normalized spacial score (nSPS) is 16.6. The maximum atomic E-state index is 12.2. The summed E-state index contributed by atoms with van der Waals surface area (Å²) in [5.41, 5.74) is 0.640. The van der Waals surface area contributed by atoms with E-state index in [4.69, 9.17) is 4.74 Å². The third-order valence-electron chi connectivity index (χ3n) is 3.34. The maximum Gasteiger partial charge on any atom is 0.211 e.